The Hall–Kier alpha value is -1.91. The summed E-state index contributed by atoms with van der Waals surface area (Å²) in [6.45, 7) is 5.83. The molecule has 0 aliphatic carbocycles. The molecule has 0 heterocycles. The molecule has 5 heteroatoms. The molecule has 122 valence electrons. The average Bonchev–Trinajstić information content (AvgIpc) is 2.50. The highest BCUT2D eigenvalue weighted by molar-refractivity contribution is 6.33. The molecule has 0 saturated heterocycles. The van der Waals surface area contributed by atoms with Crippen molar-refractivity contribution in [2.45, 2.75) is 32.9 Å². The van der Waals surface area contributed by atoms with Crippen molar-refractivity contribution < 1.29 is 9.18 Å². The second-order valence-electron chi connectivity index (χ2n) is 5.58. The van der Waals surface area contributed by atoms with Gasteiger partial charge in [0.25, 0.3) is 0 Å². The fourth-order valence-corrected chi connectivity index (χ4v) is 2.66. The van der Waals surface area contributed by atoms with Crippen LogP contribution in [0.15, 0.2) is 42.5 Å². The summed E-state index contributed by atoms with van der Waals surface area (Å²) in [5, 5.41) is 6.15. The summed E-state index contributed by atoms with van der Waals surface area (Å²) < 4.78 is 13.0. The normalized spacial score (nSPS) is 13.4. The first-order valence-electron chi connectivity index (χ1n) is 7.46. The van der Waals surface area contributed by atoms with Gasteiger partial charge >= 0.3 is 0 Å². The highest BCUT2D eigenvalue weighted by Gasteiger charge is 2.18. The van der Waals surface area contributed by atoms with Crippen LogP contribution in [0.2, 0.25) is 5.02 Å². The average molecular weight is 335 g/mol. The van der Waals surface area contributed by atoms with Gasteiger partial charge in [-0.05, 0) is 50.1 Å². The lowest BCUT2D eigenvalue weighted by Crippen LogP contribution is -2.39. The molecular weight excluding hydrogens is 315 g/mol. The molecule has 0 aliphatic heterocycles. The second kappa shape index (κ2) is 7.57. The van der Waals surface area contributed by atoms with Gasteiger partial charge in [0.05, 0.1) is 16.8 Å². The largest absolute Gasteiger partial charge is 0.323 e. The van der Waals surface area contributed by atoms with E-state index in [1.54, 1.807) is 6.92 Å². The van der Waals surface area contributed by atoms with E-state index in [0.717, 1.165) is 5.56 Å². The van der Waals surface area contributed by atoms with Crippen molar-refractivity contribution in [3.05, 3.63) is 64.4 Å². The number of amides is 1. The first kappa shape index (κ1) is 17.4. The third-order valence-electron chi connectivity index (χ3n) is 3.74. The Morgan fingerprint density at radius 2 is 1.87 bits per heavy atom. The molecule has 0 unspecified atom stereocenters. The molecule has 2 aromatic carbocycles. The van der Waals surface area contributed by atoms with E-state index in [-0.39, 0.29) is 17.0 Å². The quantitative estimate of drug-likeness (QED) is 0.847. The minimum Gasteiger partial charge on any atom is -0.323 e. The van der Waals surface area contributed by atoms with Gasteiger partial charge < -0.3 is 5.32 Å². The summed E-state index contributed by atoms with van der Waals surface area (Å²) in [5.41, 5.74) is 2.71. The zero-order chi connectivity index (χ0) is 17.0. The first-order chi connectivity index (χ1) is 10.9. The van der Waals surface area contributed by atoms with Crippen molar-refractivity contribution in [1.29, 1.82) is 0 Å². The molecule has 2 atom stereocenters. The van der Waals surface area contributed by atoms with Crippen LogP contribution < -0.4 is 10.6 Å². The summed E-state index contributed by atoms with van der Waals surface area (Å²) in [7, 11) is 0. The Labute approximate surface area is 140 Å². The van der Waals surface area contributed by atoms with Crippen molar-refractivity contribution in [3.8, 4) is 0 Å². The van der Waals surface area contributed by atoms with Crippen molar-refractivity contribution in [2.24, 2.45) is 0 Å². The van der Waals surface area contributed by atoms with Gasteiger partial charge in [-0.25, -0.2) is 4.39 Å². The van der Waals surface area contributed by atoms with Crippen LogP contribution in [0.5, 0.6) is 0 Å². The van der Waals surface area contributed by atoms with Gasteiger partial charge in [0, 0.05) is 6.04 Å². The predicted octanol–water partition coefficient (Wildman–Crippen LogP) is 4.47. The molecule has 0 aromatic heterocycles. The molecule has 2 N–H and O–H groups in total. The van der Waals surface area contributed by atoms with Gasteiger partial charge in [-0.15, -0.1) is 0 Å². The third kappa shape index (κ3) is 4.53. The van der Waals surface area contributed by atoms with Crippen molar-refractivity contribution >= 4 is 23.2 Å². The Bertz CT molecular complexity index is 705. The minimum absolute atomic E-state index is 0.0284. The number of benzene rings is 2. The smallest absolute Gasteiger partial charge is 0.241 e. The summed E-state index contributed by atoms with van der Waals surface area (Å²) in [6.07, 6.45) is 0. The summed E-state index contributed by atoms with van der Waals surface area (Å²) >= 11 is 5.93. The van der Waals surface area contributed by atoms with E-state index in [4.69, 9.17) is 11.6 Å². The van der Waals surface area contributed by atoms with Crippen LogP contribution in [-0.4, -0.2) is 11.9 Å². The number of carbonyl (C=O) groups is 1. The lowest BCUT2D eigenvalue weighted by atomic mass is 10.0. The van der Waals surface area contributed by atoms with Gasteiger partial charge in [-0.1, -0.05) is 35.9 Å². The van der Waals surface area contributed by atoms with E-state index in [1.165, 1.54) is 23.8 Å². The van der Waals surface area contributed by atoms with Crippen LogP contribution in [0.1, 0.15) is 31.0 Å². The summed E-state index contributed by atoms with van der Waals surface area (Å²) in [6, 6.07) is 11.5. The number of carbonyl (C=O) groups excluding carboxylic acids is 1. The molecule has 0 spiro atoms. The fraction of sp³-hybridized carbons (Fsp3) is 0.278. The van der Waals surface area contributed by atoms with E-state index in [9.17, 15) is 9.18 Å². The Morgan fingerprint density at radius 3 is 2.52 bits per heavy atom. The van der Waals surface area contributed by atoms with E-state index < -0.39 is 11.9 Å². The molecule has 2 rings (SSSR count). The van der Waals surface area contributed by atoms with Crippen LogP contribution in [0.25, 0.3) is 0 Å². The van der Waals surface area contributed by atoms with Gasteiger partial charge in [0.1, 0.15) is 5.82 Å². The maximum Gasteiger partial charge on any atom is 0.241 e. The van der Waals surface area contributed by atoms with Gasteiger partial charge in [0.2, 0.25) is 5.91 Å². The van der Waals surface area contributed by atoms with Gasteiger partial charge in [-0.3, -0.25) is 10.1 Å². The highest BCUT2D eigenvalue weighted by atomic mass is 35.5. The Kier molecular flexibility index (Phi) is 5.74. The molecule has 0 fully saturated rings. The molecule has 1 amide bonds. The summed E-state index contributed by atoms with van der Waals surface area (Å²) in [4.78, 5) is 12.3. The third-order valence-corrected chi connectivity index (χ3v) is 4.05. The fourth-order valence-electron chi connectivity index (χ4n) is 2.44. The Balaban J connectivity index is 2.01. The number of anilines is 1. The zero-order valence-electron chi connectivity index (χ0n) is 13.4. The van der Waals surface area contributed by atoms with E-state index >= 15 is 0 Å². The van der Waals surface area contributed by atoms with Crippen LogP contribution in [0.3, 0.4) is 0 Å². The molecule has 0 aliphatic rings. The highest BCUT2D eigenvalue weighted by Crippen LogP contribution is 2.23. The van der Waals surface area contributed by atoms with Crippen molar-refractivity contribution in [2.75, 3.05) is 5.32 Å². The lowest BCUT2D eigenvalue weighted by molar-refractivity contribution is -0.117. The Morgan fingerprint density at radius 1 is 1.17 bits per heavy atom. The van der Waals surface area contributed by atoms with E-state index in [2.05, 4.69) is 10.6 Å². The van der Waals surface area contributed by atoms with Gasteiger partial charge in [0.15, 0.2) is 0 Å². The molecular formula is C18H20ClFN2O. The van der Waals surface area contributed by atoms with E-state index in [1.807, 2.05) is 38.1 Å². The number of rotatable bonds is 5. The minimum atomic E-state index is -0.438. The first-order valence-corrected chi connectivity index (χ1v) is 7.83. The molecule has 0 saturated carbocycles. The molecule has 0 bridgehead atoms. The van der Waals surface area contributed by atoms with Gasteiger partial charge in [-0.2, -0.15) is 0 Å². The number of hydrogen-bond acceptors (Lipinski definition) is 2. The van der Waals surface area contributed by atoms with Crippen LogP contribution in [0.4, 0.5) is 10.1 Å². The molecule has 2 aromatic rings. The van der Waals surface area contributed by atoms with Crippen LogP contribution in [-0.2, 0) is 4.79 Å². The summed E-state index contributed by atoms with van der Waals surface area (Å²) in [5.74, 6) is -0.661. The maximum absolute atomic E-state index is 13.0. The van der Waals surface area contributed by atoms with Crippen molar-refractivity contribution in [1.82, 2.24) is 5.32 Å². The topological polar surface area (TPSA) is 41.1 Å². The number of hydrogen-bond donors (Lipinski definition) is 2. The standard InChI is InChI=1S/C18H20ClFN2O/c1-11-6-4-5-7-15(11)12(2)21-13(3)18(23)22-17-9-8-14(20)10-16(17)19/h4-10,12-13,21H,1-3H3,(H,22,23)/t12-,13+/m1/s1. The molecule has 3 nitrogen and oxygen atoms in total. The van der Waals surface area contributed by atoms with Crippen molar-refractivity contribution in [3.63, 3.8) is 0 Å². The molecule has 23 heavy (non-hydrogen) atoms. The SMILES string of the molecule is Cc1ccccc1[C@@H](C)N[C@@H](C)C(=O)Nc1ccc(F)cc1Cl. The van der Waals surface area contributed by atoms with Crippen LogP contribution in [0, 0.1) is 12.7 Å². The van der Waals surface area contributed by atoms with E-state index in [0.29, 0.717) is 5.69 Å². The zero-order valence-corrected chi connectivity index (χ0v) is 14.1. The number of halogens is 2. The lowest BCUT2D eigenvalue weighted by Gasteiger charge is -2.21. The monoisotopic (exact) mass is 334 g/mol. The van der Waals surface area contributed by atoms with Crippen LogP contribution >= 0.6 is 11.6 Å². The number of aryl methyl sites for hydroxylation is 1. The number of nitrogens with one attached hydrogen (secondary N) is 2. The maximum atomic E-state index is 13.0. The second-order valence-corrected chi connectivity index (χ2v) is 5.99. The predicted molar refractivity (Wildman–Crippen MR) is 92.2 cm³/mol. The molecule has 0 radical (unpaired) electrons.